The van der Waals surface area contributed by atoms with Crippen molar-refractivity contribution in [1.29, 1.82) is 0 Å². The zero-order chi connectivity index (χ0) is 12.4. The van der Waals surface area contributed by atoms with Gasteiger partial charge in [0.1, 0.15) is 17.3 Å². The lowest BCUT2D eigenvalue weighted by molar-refractivity contribution is 0.187. The van der Waals surface area contributed by atoms with E-state index in [2.05, 4.69) is 0 Å². The molecule has 2 rings (SSSR count). The Morgan fingerprint density at radius 2 is 2.06 bits per heavy atom. The molecule has 0 aliphatic rings. The second-order valence-electron chi connectivity index (χ2n) is 4.28. The molecule has 1 unspecified atom stereocenters. The molecular weight excluding hydrogens is 219 g/mol. The van der Waals surface area contributed by atoms with Crippen molar-refractivity contribution < 1.29 is 13.9 Å². The molecule has 0 fully saturated rings. The van der Waals surface area contributed by atoms with Crippen LogP contribution < -0.4 is 0 Å². The van der Waals surface area contributed by atoms with E-state index in [0.29, 0.717) is 12.2 Å². The van der Waals surface area contributed by atoms with Gasteiger partial charge in [0.05, 0.1) is 6.10 Å². The van der Waals surface area contributed by atoms with Gasteiger partial charge in [-0.05, 0) is 49.7 Å². The monoisotopic (exact) mass is 234 g/mol. The highest BCUT2D eigenvalue weighted by molar-refractivity contribution is 5.62. The topological polar surface area (TPSA) is 33.4 Å². The largest absolute Gasteiger partial charge is 0.461 e. The van der Waals surface area contributed by atoms with Crippen molar-refractivity contribution in [2.45, 2.75) is 26.4 Å². The number of benzene rings is 1. The van der Waals surface area contributed by atoms with Gasteiger partial charge in [-0.1, -0.05) is 0 Å². The van der Waals surface area contributed by atoms with Gasteiger partial charge in [0.15, 0.2) is 0 Å². The minimum atomic E-state index is -0.427. The smallest absolute Gasteiger partial charge is 0.134 e. The Morgan fingerprint density at radius 1 is 1.29 bits per heavy atom. The molecule has 0 saturated heterocycles. The molecule has 0 saturated carbocycles. The highest BCUT2D eigenvalue weighted by atomic mass is 19.1. The molecule has 0 spiro atoms. The van der Waals surface area contributed by atoms with Gasteiger partial charge in [-0.15, -0.1) is 0 Å². The summed E-state index contributed by atoms with van der Waals surface area (Å²) in [6, 6.07) is 8.28. The average Bonchev–Trinajstić information content (AvgIpc) is 2.65. The van der Waals surface area contributed by atoms with Crippen LogP contribution >= 0.6 is 0 Å². The second-order valence-corrected chi connectivity index (χ2v) is 4.28. The Balaban J connectivity index is 2.30. The first-order valence-electron chi connectivity index (χ1n) is 5.59. The maximum Gasteiger partial charge on any atom is 0.134 e. The van der Waals surface area contributed by atoms with Crippen molar-refractivity contribution in [3.63, 3.8) is 0 Å². The lowest BCUT2D eigenvalue weighted by Gasteiger charge is -2.03. The molecule has 2 nitrogen and oxygen atoms in total. The van der Waals surface area contributed by atoms with E-state index in [9.17, 15) is 9.50 Å². The fraction of sp³-hybridized carbons (Fsp3) is 0.286. The predicted molar refractivity (Wildman–Crippen MR) is 64.2 cm³/mol. The Bertz CT molecular complexity index is 515. The van der Waals surface area contributed by atoms with Gasteiger partial charge in [0.25, 0.3) is 0 Å². The van der Waals surface area contributed by atoms with Gasteiger partial charge >= 0.3 is 0 Å². The number of hydrogen-bond donors (Lipinski definition) is 1. The first kappa shape index (κ1) is 11.9. The number of aryl methyl sites for hydroxylation is 1. The van der Waals surface area contributed by atoms with E-state index in [1.165, 1.54) is 12.1 Å². The van der Waals surface area contributed by atoms with Crippen LogP contribution in [0.25, 0.3) is 11.3 Å². The van der Waals surface area contributed by atoms with Crippen LogP contribution in [-0.2, 0) is 6.42 Å². The Kier molecular flexibility index (Phi) is 3.29. The van der Waals surface area contributed by atoms with E-state index in [0.717, 1.165) is 16.9 Å². The molecule has 17 heavy (non-hydrogen) atoms. The number of furan rings is 1. The Hall–Kier alpha value is -1.61. The van der Waals surface area contributed by atoms with Crippen LogP contribution in [0.15, 0.2) is 34.7 Å². The van der Waals surface area contributed by atoms with Crippen LogP contribution in [-0.4, -0.2) is 11.2 Å². The van der Waals surface area contributed by atoms with Crippen molar-refractivity contribution in [2.24, 2.45) is 0 Å². The Labute approximate surface area is 99.7 Å². The van der Waals surface area contributed by atoms with Crippen molar-refractivity contribution in [1.82, 2.24) is 0 Å². The molecule has 0 amide bonds. The third-order valence-corrected chi connectivity index (χ3v) is 2.61. The van der Waals surface area contributed by atoms with E-state index in [-0.39, 0.29) is 5.82 Å². The molecule has 0 radical (unpaired) electrons. The van der Waals surface area contributed by atoms with Gasteiger partial charge < -0.3 is 9.52 Å². The minimum absolute atomic E-state index is 0.248. The van der Waals surface area contributed by atoms with Crippen LogP contribution in [0.1, 0.15) is 18.2 Å². The summed E-state index contributed by atoms with van der Waals surface area (Å²) in [6.07, 6.45) is 0.0589. The van der Waals surface area contributed by atoms with E-state index in [1.807, 2.05) is 19.1 Å². The quantitative estimate of drug-likeness (QED) is 0.883. The summed E-state index contributed by atoms with van der Waals surface area (Å²) < 4.78 is 18.6. The SMILES string of the molecule is Cc1cc(F)ccc1-c1ccc(CC(C)O)o1. The molecule has 0 aliphatic heterocycles. The predicted octanol–water partition coefficient (Wildman–Crippen LogP) is 3.32. The molecule has 0 aliphatic carbocycles. The second kappa shape index (κ2) is 4.72. The van der Waals surface area contributed by atoms with E-state index >= 15 is 0 Å². The van der Waals surface area contributed by atoms with E-state index in [1.54, 1.807) is 13.0 Å². The fourth-order valence-electron chi connectivity index (χ4n) is 1.83. The third-order valence-electron chi connectivity index (χ3n) is 2.61. The minimum Gasteiger partial charge on any atom is -0.461 e. The summed E-state index contributed by atoms with van der Waals surface area (Å²) in [5.41, 5.74) is 1.71. The first-order chi connectivity index (χ1) is 8.06. The Morgan fingerprint density at radius 3 is 2.71 bits per heavy atom. The molecule has 1 aromatic heterocycles. The normalized spacial score (nSPS) is 12.7. The van der Waals surface area contributed by atoms with Crippen LogP contribution in [0.2, 0.25) is 0 Å². The van der Waals surface area contributed by atoms with Gasteiger partial charge in [-0.3, -0.25) is 0 Å². The first-order valence-corrected chi connectivity index (χ1v) is 5.59. The van der Waals surface area contributed by atoms with Crippen molar-refractivity contribution in [3.05, 3.63) is 47.5 Å². The van der Waals surface area contributed by atoms with Gasteiger partial charge in [-0.25, -0.2) is 4.39 Å². The average molecular weight is 234 g/mol. The van der Waals surface area contributed by atoms with E-state index in [4.69, 9.17) is 4.42 Å². The number of aliphatic hydroxyl groups is 1. The molecule has 1 atom stereocenters. The van der Waals surface area contributed by atoms with Crippen molar-refractivity contribution >= 4 is 0 Å². The highest BCUT2D eigenvalue weighted by Gasteiger charge is 2.09. The van der Waals surface area contributed by atoms with E-state index < -0.39 is 6.10 Å². The molecule has 0 bridgehead atoms. The van der Waals surface area contributed by atoms with Crippen LogP contribution in [0.3, 0.4) is 0 Å². The summed E-state index contributed by atoms with van der Waals surface area (Å²) in [4.78, 5) is 0. The summed E-state index contributed by atoms with van der Waals surface area (Å²) in [7, 11) is 0. The fourth-order valence-corrected chi connectivity index (χ4v) is 1.83. The zero-order valence-corrected chi connectivity index (χ0v) is 9.90. The molecule has 1 heterocycles. The number of rotatable bonds is 3. The van der Waals surface area contributed by atoms with Gasteiger partial charge in [0, 0.05) is 12.0 Å². The molecule has 90 valence electrons. The van der Waals surface area contributed by atoms with Gasteiger partial charge in [0.2, 0.25) is 0 Å². The summed E-state index contributed by atoms with van der Waals surface area (Å²) >= 11 is 0. The lowest BCUT2D eigenvalue weighted by Crippen LogP contribution is -2.02. The van der Waals surface area contributed by atoms with Crippen LogP contribution in [0, 0.1) is 12.7 Å². The maximum atomic E-state index is 13.0. The zero-order valence-electron chi connectivity index (χ0n) is 9.90. The maximum absolute atomic E-state index is 13.0. The highest BCUT2D eigenvalue weighted by Crippen LogP contribution is 2.26. The molecule has 3 heteroatoms. The summed E-state index contributed by atoms with van der Waals surface area (Å²) in [5, 5.41) is 9.27. The molecule has 1 aromatic carbocycles. The summed E-state index contributed by atoms with van der Waals surface area (Å²) in [6.45, 7) is 3.56. The number of aliphatic hydroxyl groups excluding tert-OH is 1. The van der Waals surface area contributed by atoms with Crippen LogP contribution in [0.5, 0.6) is 0 Å². The standard InChI is InChI=1S/C14H15FO2/c1-9-7-11(15)3-5-13(9)14-6-4-12(17-14)8-10(2)16/h3-7,10,16H,8H2,1-2H3. The molecule has 2 aromatic rings. The van der Waals surface area contributed by atoms with Crippen LogP contribution in [0.4, 0.5) is 4.39 Å². The third kappa shape index (κ3) is 2.74. The number of halogens is 1. The summed E-state index contributed by atoms with van der Waals surface area (Å²) in [5.74, 6) is 1.19. The van der Waals surface area contributed by atoms with Crippen molar-refractivity contribution in [3.8, 4) is 11.3 Å². The lowest BCUT2D eigenvalue weighted by atomic mass is 10.1. The van der Waals surface area contributed by atoms with Gasteiger partial charge in [-0.2, -0.15) is 0 Å². The van der Waals surface area contributed by atoms with Crippen molar-refractivity contribution in [2.75, 3.05) is 0 Å². The number of hydrogen-bond acceptors (Lipinski definition) is 2. The molecular formula is C14H15FO2. The molecule has 1 N–H and O–H groups in total.